The number of aliphatic hydroxyl groups excluding tert-OH is 1. The summed E-state index contributed by atoms with van der Waals surface area (Å²) >= 11 is 0.812. The summed E-state index contributed by atoms with van der Waals surface area (Å²) in [5.74, 6) is -0.0284. The molecule has 1 unspecified atom stereocenters. The van der Waals surface area contributed by atoms with Gasteiger partial charge in [-0.05, 0) is 12.1 Å². The predicted molar refractivity (Wildman–Crippen MR) is 89.6 cm³/mol. The Labute approximate surface area is 146 Å². The van der Waals surface area contributed by atoms with Gasteiger partial charge in [0, 0.05) is 17.0 Å². The van der Waals surface area contributed by atoms with E-state index in [9.17, 15) is 18.3 Å². The maximum absolute atomic E-state index is 12.5. The molecule has 0 saturated carbocycles. The molecule has 8 heteroatoms. The van der Waals surface area contributed by atoms with E-state index in [0.717, 1.165) is 23.0 Å². The fourth-order valence-corrected chi connectivity index (χ4v) is 3.11. The summed E-state index contributed by atoms with van der Waals surface area (Å²) in [5.41, 5.74) is 1.53. The van der Waals surface area contributed by atoms with E-state index in [1.165, 1.54) is 0 Å². The fraction of sp³-hybridized carbons (Fsp3) is 0.176. The number of rotatable bonds is 5. The van der Waals surface area contributed by atoms with Gasteiger partial charge < -0.3 is 5.11 Å². The van der Waals surface area contributed by atoms with Crippen LogP contribution in [0, 0.1) is 0 Å². The first-order valence-electron chi connectivity index (χ1n) is 7.40. The smallest absolute Gasteiger partial charge is 0.383 e. The number of nitrogens with zero attached hydrogens (tertiary/aromatic N) is 3. The number of alkyl halides is 3. The Morgan fingerprint density at radius 2 is 1.56 bits per heavy atom. The molecule has 1 aromatic heterocycles. The van der Waals surface area contributed by atoms with Crippen molar-refractivity contribution >= 4 is 11.8 Å². The van der Waals surface area contributed by atoms with Gasteiger partial charge in [0.1, 0.15) is 0 Å². The predicted octanol–water partition coefficient (Wildman–Crippen LogP) is 3.95. The van der Waals surface area contributed by atoms with Crippen molar-refractivity contribution < 1.29 is 18.3 Å². The molecular formula is C17H14F3N3OS. The largest absolute Gasteiger partial charge is 0.415 e. The van der Waals surface area contributed by atoms with Crippen molar-refractivity contribution in [3.63, 3.8) is 0 Å². The van der Waals surface area contributed by atoms with Crippen molar-refractivity contribution in [2.45, 2.75) is 17.4 Å². The van der Waals surface area contributed by atoms with E-state index in [-0.39, 0.29) is 5.16 Å². The third-order valence-electron chi connectivity index (χ3n) is 3.43. The van der Waals surface area contributed by atoms with Crippen LogP contribution in [0.4, 0.5) is 13.2 Å². The molecular weight excluding hydrogens is 351 g/mol. The zero-order valence-electron chi connectivity index (χ0n) is 12.9. The number of aromatic nitrogens is 3. The number of hydrogen-bond acceptors (Lipinski definition) is 4. The number of aliphatic hydroxyl groups is 1. The maximum atomic E-state index is 12.5. The van der Waals surface area contributed by atoms with Crippen LogP contribution in [0.5, 0.6) is 0 Å². The van der Waals surface area contributed by atoms with E-state index in [1.54, 1.807) is 4.57 Å². The van der Waals surface area contributed by atoms with E-state index < -0.39 is 18.0 Å². The van der Waals surface area contributed by atoms with Gasteiger partial charge in [-0.2, -0.15) is 13.2 Å². The standard InChI is InChI=1S/C17H14F3N3OS/c18-17(19,20)14(24)11-25-16-22-21-15(12-7-3-1-4-8-12)23(16)13-9-5-2-6-10-13/h1-10,14,24H,11H2. The molecule has 0 saturated heterocycles. The highest BCUT2D eigenvalue weighted by molar-refractivity contribution is 7.99. The van der Waals surface area contributed by atoms with Crippen LogP contribution in [0.1, 0.15) is 0 Å². The highest BCUT2D eigenvalue weighted by Crippen LogP contribution is 2.30. The van der Waals surface area contributed by atoms with Crippen molar-refractivity contribution in [1.82, 2.24) is 14.8 Å². The van der Waals surface area contributed by atoms with Gasteiger partial charge in [-0.1, -0.05) is 60.3 Å². The summed E-state index contributed by atoms with van der Waals surface area (Å²) in [6.07, 6.45) is -7.08. The first kappa shape index (κ1) is 17.5. The van der Waals surface area contributed by atoms with Crippen molar-refractivity contribution in [3.05, 3.63) is 60.7 Å². The normalized spacial score (nSPS) is 13.0. The van der Waals surface area contributed by atoms with Crippen LogP contribution >= 0.6 is 11.8 Å². The van der Waals surface area contributed by atoms with Crippen LogP contribution in [0.2, 0.25) is 0 Å². The maximum Gasteiger partial charge on any atom is 0.415 e. The van der Waals surface area contributed by atoms with Gasteiger partial charge in [0.2, 0.25) is 0 Å². The number of thioether (sulfide) groups is 1. The highest BCUT2D eigenvalue weighted by Gasteiger charge is 2.38. The van der Waals surface area contributed by atoms with Crippen molar-refractivity contribution in [2.75, 3.05) is 5.75 Å². The molecule has 0 aliphatic carbocycles. The lowest BCUT2D eigenvalue weighted by Crippen LogP contribution is -2.30. The van der Waals surface area contributed by atoms with Crippen LogP contribution in [-0.2, 0) is 0 Å². The molecule has 0 spiro atoms. The summed E-state index contributed by atoms with van der Waals surface area (Å²) in [4.78, 5) is 0. The summed E-state index contributed by atoms with van der Waals surface area (Å²) in [7, 11) is 0. The molecule has 4 nitrogen and oxygen atoms in total. The first-order chi connectivity index (χ1) is 12.0. The molecule has 0 bridgehead atoms. The van der Waals surface area contributed by atoms with E-state index in [1.807, 2.05) is 60.7 Å². The minimum absolute atomic E-state index is 0.286. The average Bonchev–Trinajstić information content (AvgIpc) is 3.04. The van der Waals surface area contributed by atoms with Gasteiger partial charge in [0.15, 0.2) is 17.1 Å². The molecule has 130 valence electrons. The van der Waals surface area contributed by atoms with Gasteiger partial charge in [0.25, 0.3) is 0 Å². The molecule has 0 amide bonds. The second kappa shape index (κ2) is 7.28. The van der Waals surface area contributed by atoms with Crippen LogP contribution < -0.4 is 0 Å². The quantitative estimate of drug-likeness (QED) is 0.696. The molecule has 1 heterocycles. The van der Waals surface area contributed by atoms with Gasteiger partial charge >= 0.3 is 6.18 Å². The zero-order valence-corrected chi connectivity index (χ0v) is 13.7. The van der Waals surface area contributed by atoms with Crippen LogP contribution in [0.25, 0.3) is 17.1 Å². The molecule has 0 aliphatic rings. The monoisotopic (exact) mass is 365 g/mol. The topological polar surface area (TPSA) is 50.9 Å². The molecule has 1 atom stereocenters. The van der Waals surface area contributed by atoms with Crippen molar-refractivity contribution in [1.29, 1.82) is 0 Å². The minimum Gasteiger partial charge on any atom is -0.383 e. The lowest BCUT2D eigenvalue weighted by molar-refractivity contribution is -0.195. The molecule has 1 N–H and O–H groups in total. The number of para-hydroxylation sites is 1. The molecule has 25 heavy (non-hydrogen) atoms. The van der Waals surface area contributed by atoms with E-state index >= 15 is 0 Å². The van der Waals surface area contributed by atoms with Crippen LogP contribution in [0.3, 0.4) is 0 Å². The molecule has 2 aromatic carbocycles. The van der Waals surface area contributed by atoms with Crippen LogP contribution in [0.15, 0.2) is 65.8 Å². The second-order valence-electron chi connectivity index (χ2n) is 5.21. The Morgan fingerprint density at radius 1 is 0.960 bits per heavy atom. The van der Waals surface area contributed by atoms with Gasteiger partial charge in [-0.3, -0.25) is 4.57 Å². The molecule has 3 aromatic rings. The third kappa shape index (κ3) is 4.02. The van der Waals surface area contributed by atoms with E-state index in [0.29, 0.717) is 5.82 Å². The van der Waals surface area contributed by atoms with E-state index in [2.05, 4.69) is 10.2 Å². The van der Waals surface area contributed by atoms with Gasteiger partial charge in [-0.25, -0.2) is 0 Å². The van der Waals surface area contributed by atoms with Crippen molar-refractivity contribution in [2.24, 2.45) is 0 Å². The molecule has 0 radical (unpaired) electrons. The third-order valence-corrected chi connectivity index (χ3v) is 4.43. The Kier molecular flexibility index (Phi) is 5.10. The zero-order chi connectivity index (χ0) is 17.9. The second-order valence-corrected chi connectivity index (χ2v) is 6.20. The first-order valence-corrected chi connectivity index (χ1v) is 8.39. The highest BCUT2D eigenvalue weighted by atomic mass is 32.2. The summed E-state index contributed by atoms with van der Waals surface area (Å²) in [6, 6.07) is 18.4. The Morgan fingerprint density at radius 3 is 2.16 bits per heavy atom. The summed E-state index contributed by atoms with van der Waals surface area (Å²) in [5, 5.41) is 17.7. The average molecular weight is 365 g/mol. The number of benzene rings is 2. The lowest BCUT2D eigenvalue weighted by Gasteiger charge is -2.14. The summed E-state index contributed by atoms with van der Waals surface area (Å²) < 4.78 is 39.3. The Balaban J connectivity index is 1.98. The summed E-state index contributed by atoms with van der Waals surface area (Å²) in [6.45, 7) is 0. The Hall–Kier alpha value is -2.32. The molecule has 3 rings (SSSR count). The number of hydrogen-bond donors (Lipinski definition) is 1. The fourth-order valence-electron chi connectivity index (χ4n) is 2.20. The Bertz CT molecular complexity index is 822. The lowest BCUT2D eigenvalue weighted by atomic mass is 10.2. The van der Waals surface area contributed by atoms with Crippen molar-refractivity contribution in [3.8, 4) is 17.1 Å². The van der Waals surface area contributed by atoms with Crippen LogP contribution in [-0.4, -0.2) is 37.9 Å². The molecule has 0 fully saturated rings. The minimum atomic E-state index is -4.66. The van der Waals surface area contributed by atoms with Gasteiger partial charge in [-0.15, -0.1) is 10.2 Å². The number of halogens is 3. The SMILES string of the molecule is OC(CSc1nnc(-c2ccccc2)n1-c1ccccc1)C(F)(F)F. The van der Waals surface area contributed by atoms with Gasteiger partial charge in [0.05, 0.1) is 0 Å². The molecule has 0 aliphatic heterocycles. The van der Waals surface area contributed by atoms with E-state index in [4.69, 9.17) is 0 Å².